The summed E-state index contributed by atoms with van der Waals surface area (Å²) in [5.41, 5.74) is 4.13. The highest BCUT2D eigenvalue weighted by Gasteiger charge is 2.36. The number of hydrogen-bond donors (Lipinski definition) is 2. The van der Waals surface area contributed by atoms with Crippen LogP contribution in [0.4, 0.5) is 17.5 Å². The summed E-state index contributed by atoms with van der Waals surface area (Å²) in [6, 6.07) is 12.6. The zero-order valence-corrected chi connectivity index (χ0v) is 24.3. The molecule has 41 heavy (non-hydrogen) atoms. The number of nitrogens with zero attached hydrogens (tertiary/aromatic N) is 6. The van der Waals surface area contributed by atoms with E-state index in [1.165, 1.54) is 5.56 Å². The maximum absolute atomic E-state index is 11.9. The molecule has 2 unspecified atom stereocenters. The second-order valence-electron chi connectivity index (χ2n) is 11.1. The summed E-state index contributed by atoms with van der Waals surface area (Å²) < 4.78 is 29.1. The second kappa shape index (κ2) is 12.4. The third kappa shape index (κ3) is 7.38. The van der Waals surface area contributed by atoms with Gasteiger partial charge < -0.3 is 15.5 Å². The zero-order valence-electron chi connectivity index (χ0n) is 23.4. The van der Waals surface area contributed by atoms with E-state index in [1.54, 1.807) is 6.20 Å². The van der Waals surface area contributed by atoms with Gasteiger partial charge in [0.1, 0.15) is 5.82 Å². The van der Waals surface area contributed by atoms with Crippen molar-refractivity contribution in [1.29, 1.82) is 0 Å². The minimum Gasteiger partial charge on any atom is -0.340 e. The van der Waals surface area contributed by atoms with Gasteiger partial charge in [-0.3, -0.25) is 14.0 Å². The van der Waals surface area contributed by atoms with E-state index in [1.807, 2.05) is 24.5 Å². The Hall–Kier alpha value is -3.16. The number of rotatable bonds is 2. The first-order valence-electron chi connectivity index (χ1n) is 14.3. The summed E-state index contributed by atoms with van der Waals surface area (Å²) in [5.74, 6) is 1.34. The topological polar surface area (TPSA) is 116 Å². The Bertz CT molecular complexity index is 1430. The summed E-state index contributed by atoms with van der Waals surface area (Å²) in [6.45, 7) is 8.35. The quantitative estimate of drug-likeness (QED) is 0.437. The maximum Gasteiger partial charge on any atom is 0.264 e. The monoisotopic (exact) mass is 578 g/mol. The van der Waals surface area contributed by atoms with Crippen LogP contribution in [0.5, 0.6) is 0 Å². The van der Waals surface area contributed by atoms with E-state index in [0.29, 0.717) is 18.9 Å². The third-order valence-corrected chi connectivity index (χ3v) is 8.63. The molecule has 2 aromatic heterocycles. The molecule has 0 aliphatic carbocycles. The maximum atomic E-state index is 11.9. The van der Waals surface area contributed by atoms with Crippen molar-refractivity contribution in [2.45, 2.75) is 31.5 Å². The fourth-order valence-electron chi connectivity index (χ4n) is 5.96. The molecule has 6 aliphatic rings. The molecular formula is C29H38N8O3S. The highest BCUT2D eigenvalue weighted by atomic mass is 32.2. The van der Waals surface area contributed by atoms with Crippen LogP contribution in [0.1, 0.15) is 18.4 Å². The predicted octanol–water partition coefficient (Wildman–Crippen LogP) is 2.32. The lowest BCUT2D eigenvalue weighted by Crippen LogP contribution is -2.47. The molecule has 1 aromatic carbocycles. The predicted molar refractivity (Wildman–Crippen MR) is 160 cm³/mol. The van der Waals surface area contributed by atoms with Gasteiger partial charge in [0, 0.05) is 88.2 Å². The molecular weight excluding hydrogens is 540 g/mol. The van der Waals surface area contributed by atoms with Gasteiger partial charge >= 0.3 is 0 Å². The second-order valence-corrected chi connectivity index (χ2v) is 12.7. The van der Waals surface area contributed by atoms with E-state index in [0.717, 1.165) is 87.7 Å². The molecule has 3 aromatic rings. The van der Waals surface area contributed by atoms with Crippen molar-refractivity contribution >= 4 is 27.6 Å². The molecule has 2 saturated heterocycles. The van der Waals surface area contributed by atoms with Crippen molar-refractivity contribution in [3.63, 3.8) is 0 Å². The van der Waals surface area contributed by atoms with Crippen LogP contribution in [0.25, 0.3) is 11.1 Å². The smallest absolute Gasteiger partial charge is 0.264 e. The summed E-state index contributed by atoms with van der Waals surface area (Å²) in [4.78, 5) is 21.0. The van der Waals surface area contributed by atoms with Gasteiger partial charge in [0.25, 0.3) is 10.1 Å². The molecule has 6 aliphatic heterocycles. The van der Waals surface area contributed by atoms with Crippen molar-refractivity contribution in [3.05, 3.63) is 60.6 Å². The Morgan fingerprint density at radius 1 is 0.927 bits per heavy atom. The minimum atomic E-state index is -3.55. The van der Waals surface area contributed by atoms with Crippen LogP contribution in [0, 0.1) is 0 Å². The summed E-state index contributed by atoms with van der Waals surface area (Å²) in [6.07, 6.45) is 7.57. The van der Waals surface area contributed by atoms with Crippen LogP contribution < -0.4 is 15.5 Å². The molecule has 8 heterocycles. The van der Waals surface area contributed by atoms with Gasteiger partial charge in [-0.15, -0.1) is 0 Å². The zero-order chi connectivity index (χ0) is 28.2. The molecule has 8 bridgehead atoms. The largest absolute Gasteiger partial charge is 0.340 e. The molecule has 2 fully saturated rings. The summed E-state index contributed by atoms with van der Waals surface area (Å²) >= 11 is 0. The molecule has 12 heteroatoms. The molecule has 0 amide bonds. The Morgan fingerprint density at radius 2 is 1.73 bits per heavy atom. The molecule has 2 N–H and O–H groups in total. The standard InChI is InChI=1S/C29H38N8O3S/c1-41(38,39)40-27-17-26-6-7-30-9-10-35-11-13-36(14-12-35)20-22-3-2-4-25(15-22)34-28-16-23(5-8-31-28)24-18-32-29(33-19-24)37(26)21-27/h2-5,8,15-16,18-19,26-27,30H,6-7,9-14,17,20-21H2,1H3,(H,31,34). The third-order valence-electron chi connectivity index (χ3n) is 8.00. The number of pyridine rings is 1. The summed E-state index contributed by atoms with van der Waals surface area (Å²) in [5, 5.41) is 7.05. The molecule has 2 atom stereocenters. The van der Waals surface area contributed by atoms with Crippen LogP contribution in [0.15, 0.2) is 55.0 Å². The van der Waals surface area contributed by atoms with Gasteiger partial charge in [-0.05, 0) is 54.8 Å². The van der Waals surface area contributed by atoms with E-state index >= 15 is 0 Å². The van der Waals surface area contributed by atoms with Gasteiger partial charge in [0.15, 0.2) is 0 Å². The van der Waals surface area contributed by atoms with E-state index in [-0.39, 0.29) is 6.04 Å². The Labute approximate surface area is 242 Å². The normalized spacial score (nSPS) is 25.4. The van der Waals surface area contributed by atoms with Crippen LogP contribution in [0.3, 0.4) is 0 Å². The summed E-state index contributed by atoms with van der Waals surface area (Å²) in [7, 11) is -3.55. The lowest BCUT2D eigenvalue weighted by atomic mass is 10.1. The van der Waals surface area contributed by atoms with Crippen molar-refractivity contribution in [1.82, 2.24) is 30.1 Å². The van der Waals surface area contributed by atoms with Crippen molar-refractivity contribution in [2.75, 3.05) is 68.8 Å². The fraction of sp³-hybridized carbons (Fsp3) is 0.483. The van der Waals surface area contributed by atoms with Crippen molar-refractivity contribution in [2.24, 2.45) is 0 Å². The van der Waals surface area contributed by atoms with Crippen LogP contribution in [-0.4, -0.2) is 104 Å². The average Bonchev–Trinajstić information content (AvgIpc) is 3.34. The van der Waals surface area contributed by atoms with Gasteiger partial charge in [-0.25, -0.2) is 15.0 Å². The number of nitrogens with one attached hydrogen (secondary N) is 2. The van der Waals surface area contributed by atoms with E-state index in [9.17, 15) is 8.42 Å². The van der Waals surface area contributed by atoms with Crippen molar-refractivity contribution in [3.8, 4) is 11.1 Å². The number of piperazine rings is 1. The van der Waals surface area contributed by atoms with Gasteiger partial charge in [0.05, 0.1) is 12.4 Å². The lowest BCUT2D eigenvalue weighted by molar-refractivity contribution is 0.128. The van der Waals surface area contributed by atoms with Crippen LogP contribution >= 0.6 is 0 Å². The van der Waals surface area contributed by atoms with Crippen molar-refractivity contribution < 1.29 is 12.6 Å². The molecule has 9 rings (SSSR count). The Kier molecular flexibility index (Phi) is 8.45. The highest BCUT2D eigenvalue weighted by Crippen LogP contribution is 2.29. The van der Waals surface area contributed by atoms with Crippen LogP contribution in [0.2, 0.25) is 0 Å². The number of anilines is 3. The number of hydrogen-bond acceptors (Lipinski definition) is 11. The molecule has 11 nitrogen and oxygen atoms in total. The Balaban J connectivity index is 1.25. The average molecular weight is 579 g/mol. The number of aromatic nitrogens is 3. The SMILES string of the molecule is CS(=O)(=O)OC1CC2CCNCCN3CCN(CC3)Cc3cccc(c3)Nc3cc(ccn3)-c3cnc(nc3)N2C1. The van der Waals surface area contributed by atoms with E-state index < -0.39 is 16.2 Å². The Morgan fingerprint density at radius 3 is 2.54 bits per heavy atom. The van der Waals surface area contributed by atoms with E-state index in [2.05, 4.69) is 54.6 Å². The van der Waals surface area contributed by atoms with Gasteiger partial charge in [-0.1, -0.05) is 12.1 Å². The number of benzene rings is 1. The van der Waals surface area contributed by atoms with Gasteiger partial charge in [-0.2, -0.15) is 8.42 Å². The first-order valence-corrected chi connectivity index (χ1v) is 16.1. The molecule has 0 spiro atoms. The first kappa shape index (κ1) is 28.0. The molecule has 0 saturated carbocycles. The fourth-order valence-corrected chi connectivity index (χ4v) is 6.60. The minimum absolute atomic E-state index is 0.0805. The molecule has 0 radical (unpaired) electrons. The van der Waals surface area contributed by atoms with Gasteiger partial charge in [0.2, 0.25) is 5.95 Å². The van der Waals surface area contributed by atoms with E-state index in [4.69, 9.17) is 14.2 Å². The first-order chi connectivity index (χ1) is 19.9. The molecule has 218 valence electrons. The lowest BCUT2D eigenvalue weighted by Gasteiger charge is -2.34. The van der Waals surface area contributed by atoms with Crippen LogP contribution in [-0.2, 0) is 20.8 Å². The highest BCUT2D eigenvalue weighted by molar-refractivity contribution is 7.86.